The average Bonchev–Trinajstić information content (AvgIpc) is 2.43. The second-order valence-corrected chi connectivity index (χ2v) is 4.40. The van der Waals surface area contributed by atoms with E-state index in [1.54, 1.807) is 0 Å². The number of rotatable bonds is 3. The van der Waals surface area contributed by atoms with Crippen molar-refractivity contribution in [2.75, 3.05) is 0 Å². The maximum atomic E-state index is 13.2. The first-order valence-corrected chi connectivity index (χ1v) is 5.91. The van der Waals surface area contributed by atoms with Crippen molar-refractivity contribution in [1.82, 2.24) is 5.43 Å². The second-order valence-electron chi connectivity index (χ2n) is 4.40. The average molecular weight is 302 g/mol. The van der Waals surface area contributed by atoms with Gasteiger partial charge in [0.25, 0.3) is 0 Å². The molecule has 1 atom stereocenters. The zero-order chi connectivity index (χ0) is 15.6. The Balaban J connectivity index is 2.44. The standard InChI is InChI=1S/C14H11F5N2/c15-11-5-4-9(7-12(11)16)13(21-20)8-2-1-3-10(6-8)14(17,18)19/h1-7,13,21H,20H2. The summed E-state index contributed by atoms with van der Waals surface area (Å²) in [7, 11) is 0. The molecule has 0 saturated heterocycles. The third-order valence-corrected chi connectivity index (χ3v) is 2.99. The summed E-state index contributed by atoms with van der Waals surface area (Å²) in [4.78, 5) is 0. The SMILES string of the molecule is NNC(c1cccc(C(F)(F)F)c1)c1ccc(F)c(F)c1. The molecule has 0 aliphatic carbocycles. The number of hydrogen-bond donors (Lipinski definition) is 2. The lowest BCUT2D eigenvalue weighted by Gasteiger charge is -2.18. The van der Waals surface area contributed by atoms with Crippen LogP contribution in [0.3, 0.4) is 0 Å². The van der Waals surface area contributed by atoms with Crippen LogP contribution in [0.25, 0.3) is 0 Å². The Morgan fingerprint density at radius 3 is 2.14 bits per heavy atom. The van der Waals surface area contributed by atoms with Crippen molar-refractivity contribution in [3.8, 4) is 0 Å². The molecule has 0 fully saturated rings. The van der Waals surface area contributed by atoms with Crippen molar-refractivity contribution in [3.63, 3.8) is 0 Å². The van der Waals surface area contributed by atoms with Crippen LogP contribution in [0.5, 0.6) is 0 Å². The van der Waals surface area contributed by atoms with Gasteiger partial charge >= 0.3 is 6.18 Å². The van der Waals surface area contributed by atoms with Crippen molar-refractivity contribution >= 4 is 0 Å². The van der Waals surface area contributed by atoms with Crippen LogP contribution in [0.4, 0.5) is 22.0 Å². The largest absolute Gasteiger partial charge is 0.416 e. The van der Waals surface area contributed by atoms with E-state index in [9.17, 15) is 22.0 Å². The molecule has 0 heterocycles. The van der Waals surface area contributed by atoms with Gasteiger partial charge in [0.2, 0.25) is 0 Å². The summed E-state index contributed by atoms with van der Waals surface area (Å²) < 4.78 is 64.2. The summed E-state index contributed by atoms with van der Waals surface area (Å²) in [6.07, 6.45) is -4.50. The van der Waals surface area contributed by atoms with Crippen molar-refractivity contribution in [2.24, 2.45) is 5.84 Å². The van der Waals surface area contributed by atoms with Gasteiger partial charge in [-0.25, -0.2) is 14.2 Å². The molecule has 0 radical (unpaired) electrons. The highest BCUT2D eigenvalue weighted by atomic mass is 19.4. The minimum atomic E-state index is -4.50. The van der Waals surface area contributed by atoms with E-state index in [0.29, 0.717) is 0 Å². The van der Waals surface area contributed by atoms with Crippen LogP contribution in [0.2, 0.25) is 0 Å². The van der Waals surface area contributed by atoms with Crippen LogP contribution < -0.4 is 11.3 Å². The molecular weight excluding hydrogens is 291 g/mol. The molecule has 2 nitrogen and oxygen atoms in total. The summed E-state index contributed by atoms with van der Waals surface area (Å²) in [5.74, 6) is 3.20. The molecule has 0 saturated carbocycles. The minimum Gasteiger partial charge on any atom is -0.271 e. The topological polar surface area (TPSA) is 38.0 Å². The number of nitrogens with one attached hydrogen (secondary N) is 1. The summed E-state index contributed by atoms with van der Waals surface area (Å²) in [6, 6.07) is 6.62. The molecule has 0 aliphatic rings. The van der Waals surface area contributed by atoms with E-state index in [1.165, 1.54) is 18.2 Å². The Kier molecular flexibility index (Phi) is 4.24. The molecule has 2 aromatic carbocycles. The molecule has 112 valence electrons. The zero-order valence-electron chi connectivity index (χ0n) is 10.6. The number of alkyl halides is 3. The fourth-order valence-electron chi connectivity index (χ4n) is 1.97. The third-order valence-electron chi connectivity index (χ3n) is 2.99. The Hall–Kier alpha value is -1.99. The Morgan fingerprint density at radius 1 is 0.905 bits per heavy atom. The molecule has 0 aliphatic heterocycles. The molecule has 0 amide bonds. The van der Waals surface area contributed by atoms with Crippen LogP contribution >= 0.6 is 0 Å². The zero-order valence-corrected chi connectivity index (χ0v) is 10.6. The van der Waals surface area contributed by atoms with E-state index in [0.717, 1.165) is 24.3 Å². The van der Waals surface area contributed by atoms with Gasteiger partial charge in [-0.3, -0.25) is 5.84 Å². The first-order chi connectivity index (χ1) is 9.82. The first-order valence-electron chi connectivity index (χ1n) is 5.91. The molecule has 21 heavy (non-hydrogen) atoms. The number of hydrogen-bond acceptors (Lipinski definition) is 2. The number of benzene rings is 2. The quantitative estimate of drug-likeness (QED) is 0.517. The molecule has 0 aromatic heterocycles. The van der Waals surface area contributed by atoms with Gasteiger partial charge in [0.1, 0.15) is 0 Å². The van der Waals surface area contributed by atoms with Gasteiger partial charge in [0.05, 0.1) is 11.6 Å². The van der Waals surface area contributed by atoms with E-state index < -0.39 is 29.4 Å². The van der Waals surface area contributed by atoms with Gasteiger partial charge in [-0.05, 0) is 35.4 Å². The monoisotopic (exact) mass is 302 g/mol. The van der Waals surface area contributed by atoms with Gasteiger partial charge < -0.3 is 0 Å². The van der Waals surface area contributed by atoms with E-state index in [2.05, 4.69) is 5.43 Å². The molecular formula is C14H11F5N2. The number of halogens is 5. The Labute approximate surface area is 117 Å². The summed E-state index contributed by atoms with van der Waals surface area (Å²) >= 11 is 0. The highest BCUT2D eigenvalue weighted by Crippen LogP contribution is 2.32. The minimum absolute atomic E-state index is 0.193. The van der Waals surface area contributed by atoms with Crippen LogP contribution in [-0.4, -0.2) is 0 Å². The van der Waals surface area contributed by atoms with Gasteiger partial charge in [0.15, 0.2) is 11.6 Å². The number of hydrazine groups is 1. The van der Waals surface area contributed by atoms with Crippen molar-refractivity contribution in [3.05, 3.63) is 70.8 Å². The molecule has 0 bridgehead atoms. The van der Waals surface area contributed by atoms with Gasteiger partial charge in [0, 0.05) is 0 Å². The van der Waals surface area contributed by atoms with Gasteiger partial charge in [-0.15, -0.1) is 0 Å². The molecule has 2 rings (SSSR count). The lowest BCUT2D eigenvalue weighted by Crippen LogP contribution is -2.29. The molecule has 1 unspecified atom stereocenters. The molecule has 0 spiro atoms. The third kappa shape index (κ3) is 3.37. The second kappa shape index (κ2) is 5.79. The maximum absolute atomic E-state index is 13.2. The summed E-state index contributed by atoms with van der Waals surface area (Å²) in [5, 5.41) is 0. The fourth-order valence-corrected chi connectivity index (χ4v) is 1.97. The Morgan fingerprint density at radius 2 is 1.57 bits per heavy atom. The van der Waals surface area contributed by atoms with Crippen LogP contribution in [-0.2, 0) is 6.18 Å². The lowest BCUT2D eigenvalue weighted by atomic mass is 9.97. The highest BCUT2D eigenvalue weighted by molar-refractivity contribution is 5.35. The van der Waals surface area contributed by atoms with Crippen molar-refractivity contribution in [1.29, 1.82) is 0 Å². The Bertz CT molecular complexity index is 640. The van der Waals surface area contributed by atoms with E-state index in [1.807, 2.05) is 0 Å². The highest BCUT2D eigenvalue weighted by Gasteiger charge is 2.31. The number of nitrogens with two attached hydrogens (primary N) is 1. The van der Waals surface area contributed by atoms with E-state index in [-0.39, 0.29) is 11.1 Å². The summed E-state index contributed by atoms with van der Waals surface area (Å²) in [6.45, 7) is 0. The molecule has 2 aromatic rings. The molecule has 3 N–H and O–H groups in total. The first kappa shape index (κ1) is 15.4. The van der Waals surface area contributed by atoms with Crippen molar-refractivity contribution < 1.29 is 22.0 Å². The predicted molar refractivity (Wildman–Crippen MR) is 67.0 cm³/mol. The fraction of sp³-hybridized carbons (Fsp3) is 0.143. The van der Waals surface area contributed by atoms with Gasteiger partial charge in [-0.1, -0.05) is 18.2 Å². The molecule has 7 heteroatoms. The predicted octanol–water partition coefficient (Wildman–Crippen LogP) is 3.54. The summed E-state index contributed by atoms with van der Waals surface area (Å²) in [5.41, 5.74) is 1.87. The maximum Gasteiger partial charge on any atom is 0.416 e. The van der Waals surface area contributed by atoms with Gasteiger partial charge in [-0.2, -0.15) is 13.2 Å². The lowest BCUT2D eigenvalue weighted by molar-refractivity contribution is -0.137. The normalized spacial score (nSPS) is 13.2. The van der Waals surface area contributed by atoms with Crippen molar-refractivity contribution in [2.45, 2.75) is 12.2 Å². The smallest absolute Gasteiger partial charge is 0.271 e. The van der Waals surface area contributed by atoms with Crippen LogP contribution in [0.15, 0.2) is 42.5 Å². The van der Waals surface area contributed by atoms with E-state index in [4.69, 9.17) is 5.84 Å². The van der Waals surface area contributed by atoms with Crippen LogP contribution in [0.1, 0.15) is 22.7 Å². The van der Waals surface area contributed by atoms with E-state index >= 15 is 0 Å². The van der Waals surface area contributed by atoms with Crippen LogP contribution in [0, 0.1) is 11.6 Å².